The molecule has 0 aliphatic heterocycles. The Morgan fingerprint density at radius 1 is 1.50 bits per heavy atom. The second kappa shape index (κ2) is 5.37. The largest absolute Gasteiger partial charge is 0.466 e. The monoisotopic (exact) mass is 246 g/mol. The van der Waals surface area contributed by atoms with Gasteiger partial charge in [-0.1, -0.05) is 0 Å². The number of carbonyl (C=O) groups is 1. The summed E-state index contributed by atoms with van der Waals surface area (Å²) in [7, 11) is 0. The molecule has 0 bridgehead atoms. The molecule has 92 valence electrons. The van der Waals surface area contributed by atoms with Crippen molar-refractivity contribution in [1.82, 2.24) is 5.32 Å². The van der Waals surface area contributed by atoms with E-state index in [9.17, 15) is 4.79 Å². The summed E-state index contributed by atoms with van der Waals surface area (Å²) in [5.41, 5.74) is 5.95. The highest BCUT2D eigenvalue weighted by atomic mass is 35.5. The van der Waals surface area contributed by atoms with E-state index >= 15 is 0 Å². The van der Waals surface area contributed by atoms with Crippen LogP contribution < -0.4 is 11.1 Å². The summed E-state index contributed by atoms with van der Waals surface area (Å²) in [6.45, 7) is 7.75. The molecule has 4 nitrogen and oxygen atoms in total. The van der Waals surface area contributed by atoms with Crippen LogP contribution in [-0.2, 0) is 0 Å². The molecular formula is C11H19ClN2O2. The van der Waals surface area contributed by atoms with E-state index in [1.165, 1.54) is 0 Å². The van der Waals surface area contributed by atoms with Gasteiger partial charge in [-0.05, 0) is 33.8 Å². The van der Waals surface area contributed by atoms with Crippen molar-refractivity contribution in [3.8, 4) is 0 Å². The van der Waals surface area contributed by atoms with Crippen molar-refractivity contribution in [2.24, 2.45) is 5.73 Å². The summed E-state index contributed by atoms with van der Waals surface area (Å²) in [6, 6.07) is 1.73. The third-order valence-corrected chi connectivity index (χ3v) is 1.99. The Balaban J connectivity index is 0.00000225. The molecular weight excluding hydrogens is 228 g/mol. The van der Waals surface area contributed by atoms with Gasteiger partial charge in [-0.3, -0.25) is 4.79 Å². The lowest BCUT2D eigenvalue weighted by Gasteiger charge is -2.18. The summed E-state index contributed by atoms with van der Waals surface area (Å²) in [6.07, 6.45) is 0. The summed E-state index contributed by atoms with van der Waals surface area (Å²) < 4.78 is 5.28. The number of carbonyl (C=O) groups excluding carboxylic acids is 1. The highest BCUT2D eigenvalue weighted by Crippen LogP contribution is 2.13. The highest BCUT2D eigenvalue weighted by Gasteiger charge is 2.16. The summed E-state index contributed by atoms with van der Waals surface area (Å²) >= 11 is 0. The fraction of sp³-hybridized carbons (Fsp3) is 0.545. The molecule has 1 aromatic heterocycles. The smallest absolute Gasteiger partial charge is 0.254 e. The maximum Gasteiger partial charge on any atom is 0.254 e. The van der Waals surface area contributed by atoms with Gasteiger partial charge in [-0.2, -0.15) is 0 Å². The molecule has 0 saturated carbocycles. The minimum absolute atomic E-state index is 0. The number of rotatable bonds is 3. The molecule has 3 N–H and O–H groups in total. The first-order valence-corrected chi connectivity index (χ1v) is 4.94. The zero-order valence-corrected chi connectivity index (χ0v) is 10.9. The van der Waals surface area contributed by atoms with Crippen molar-refractivity contribution in [2.75, 3.05) is 6.54 Å². The molecule has 0 aromatic carbocycles. The fourth-order valence-corrected chi connectivity index (χ4v) is 1.26. The van der Waals surface area contributed by atoms with Crippen molar-refractivity contribution in [3.05, 3.63) is 23.2 Å². The number of furan rings is 1. The Hall–Kier alpha value is -1.000. The van der Waals surface area contributed by atoms with E-state index in [0.717, 1.165) is 5.76 Å². The number of amides is 1. The van der Waals surface area contributed by atoms with Crippen LogP contribution >= 0.6 is 12.4 Å². The first kappa shape index (κ1) is 15.0. The normalized spacial score (nSPS) is 10.8. The van der Waals surface area contributed by atoms with Crippen molar-refractivity contribution < 1.29 is 9.21 Å². The molecule has 1 amide bonds. The van der Waals surface area contributed by atoms with Crippen molar-refractivity contribution >= 4 is 18.3 Å². The van der Waals surface area contributed by atoms with Gasteiger partial charge in [0.15, 0.2) is 0 Å². The van der Waals surface area contributed by atoms with Gasteiger partial charge in [-0.15, -0.1) is 12.4 Å². The predicted molar refractivity (Wildman–Crippen MR) is 66.0 cm³/mol. The van der Waals surface area contributed by atoms with Gasteiger partial charge in [0.1, 0.15) is 11.5 Å². The molecule has 0 fully saturated rings. The van der Waals surface area contributed by atoms with Crippen molar-refractivity contribution in [3.63, 3.8) is 0 Å². The lowest BCUT2D eigenvalue weighted by atomic mass is 10.1. The molecule has 1 heterocycles. The molecule has 16 heavy (non-hydrogen) atoms. The molecule has 0 atom stereocenters. The maximum atomic E-state index is 11.7. The predicted octanol–water partition coefficient (Wildman–Crippen LogP) is 1.79. The molecule has 0 aliphatic rings. The highest BCUT2D eigenvalue weighted by molar-refractivity contribution is 5.95. The van der Waals surface area contributed by atoms with Gasteiger partial charge in [0.05, 0.1) is 5.56 Å². The first-order chi connectivity index (χ1) is 6.79. The van der Waals surface area contributed by atoms with Crippen LogP contribution in [0.5, 0.6) is 0 Å². The second-order valence-corrected chi connectivity index (χ2v) is 4.50. The van der Waals surface area contributed by atoms with Gasteiger partial charge in [0, 0.05) is 12.1 Å². The fourth-order valence-electron chi connectivity index (χ4n) is 1.26. The molecule has 0 unspecified atom stereocenters. The number of nitrogens with one attached hydrogen (secondary N) is 1. The maximum absolute atomic E-state index is 11.7. The summed E-state index contributed by atoms with van der Waals surface area (Å²) in [5, 5.41) is 2.77. The second-order valence-electron chi connectivity index (χ2n) is 4.50. The lowest BCUT2D eigenvalue weighted by molar-refractivity contribution is 0.0944. The average molecular weight is 247 g/mol. The van der Waals surface area contributed by atoms with Gasteiger partial charge >= 0.3 is 0 Å². The van der Waals surface area contributed by atoms with E-state index in [1.807, 2.05) is 20.8 Å². The Labute approximate surface area is 102 Å². The standard InChI is InChI=1S/C11H18N2O2.ClH/c1-7-5-9(8(2)15-7)10(14)13-6-11(3,4)12;/h5H,6,12H2,1-4H3,(H,13,14);1H. The van der Waals surface area contributed by atoms with Crippen LogP contribution in [0.15, 0.2) is 10.5 Å². The minimum atomic E-state index is -0.400. The van der Waals surface area contributed by atoms with E-state index in [-0.39, 0.29) is 18.3 Å². The summed E-state index contributed by atoms with van der Waals surface area (Å²) in [5.74, 6) is 1.24. The number of hydrogen-bond acceptors (Lipinski definition) is 3. The zero-order valence-electron chi connectivity index (χ0n) is 10.1. The third kappa shape index (κ3) is 4.24. The van der Waals surface area contributed by atoms with Crippen molar-refractivity contribution in [1.29, 1.82) is 0 Å². The molecule has 5 heteroatoms. The van der Waals surface area contributed by atoms with Gasteiger partial charge in [0.25, 0.3) is 5.91 Å². The molecule has 0 radical (unpaired) electrons. The van der Waals surface area contributed by atoms with Crippen LogP contribution in [0.2, 0.25) is 0 Å². The van der Waals surface area contributed by atoms with E-state index in [2.05, 4.69) is 5.32 Å². The topological polar surface area (TPSA) is 68.3 Å². The minimum Gasteiger partial charge on any atom is -0.466 e. The number of nitrogens with two attached hydrogens (primary N) is 1. The molecule has 0 saturated heterocycles. The van der Waals surface area contributed by atoms with Gasteiger partial charge < -0.3 is 15.5 Å². The molecule has 0 spiro atoms. The molecule has 1 rings (SSSR count). The lowest BCUT2D eigenvalue weighted by Crippen LogP contribution is -2.45. The van der Waals surface area contributed by atoms with Crippen LogP contribution in [0, 0.1) is 13.8 Å². The number of aryl methyl sites for hydroxylation is 2. The van der Waals surface area contributed by atoms with Crippen LogP contribution in [0.25, 0.3) is 0 Å². The quantitative estimate of drug-likeness (QED) is 0.854. The third-order valence-electron chi connectivity index (χ3n) is 1.99. The Morgan fingerprint density at radius 3 is 2.44 bits per heavy atom. The van der Waals surface area contributed by atoms with E-state index in [4.69, 9.17) is 10.2 Å². The van der Waals surface area contributed by atoms with Gasteiger partial charge in [0.2, 0.25) is 0 Å². The van der Waals surface area contributed by atoms with Crippen LogP contribution in [0.1, 0.15) is 35.7 Å². The Bertz CT molecular complexity index is 367. The molecule has 0 aliphatic carbocycles. The summed E-state index contributed by atoms with van der Waals surface area (Å²) in [4.78, 5) is 11.7. The van der Waals surface area contributed by atoms with Crippen molar-refractivity contribution in [2.45, 2.75) is 33.2 Å². The van der Waals surface area contributed by atoms with Crippen LogP contribution in [-0.4, -0.2) is 18.0 Å². The van der Waals surface area contributed by atoms with Crippen LogP contribution in [0.3, 0.4) is 0 Å². The van der Waals surface area contributed by atoms with E-state index in [1.54, 1.807) is 13.0 Å². The number of halogens is 1. The van der Waals surface area contributed by atoms with E-state index in [0.29, 0.717) is 17.9 Å². The number of hydrogen-bond donors (Lipinski definition) is 2. The first-order valence-electron chi connectivity index (χ1n) is 4.94. The molecule has 1 aromatic rings. The zero-order chi connectivity index (χ0) is 11.6. The average Bonchev–Trinajstić information content (AvgIpc) is 2.40. The SMILES string of the molecule is Cc1cc(C(=O)NCC(C)(C)N)c(C)o1.Cl. The Morgan fingerprint density at radius 2 is 2.06 bits per heavy atom. The van der Waals surface area contributed by atoms with E-state index < -0.39 is 5.54 Å². The Kier molecular flexibility index (Phi) is 5.03. The van der Waals surface area contributed by atoms with Crippen LogP contribution in [0.4, 0.5) is 0 Å². The van der Waals surface area contributed by atoms with Gasteiger partial charge in [-0.25, -0.2) is 0 Å².